The Labute approximate surface area is 204 Å². The van der Waals surface area contributed by atoms with Gasteiger partial charge >= 0.3 is 0 Å². The number of rotatable bonds is 5. The van der Waals surface area contributed by atoms with Crippen LogP contribution in [0.1, 0.15) is 54.1 Å². The second-order valence-corrected chi connectivity index (χ2v) is 10.2. The number of carbonyl (C=O) groups excluding carboxylic acids is 1. The molecule has 1 N–H and O–H groups in total. The van der Waals surface area contributed by atoms with Gasteiger partial charge in [0.2, 0.25) is 0 Å². The zero-order valence-electron chi connectivity index (χ0n) is 20.1. The summed E-state index contributed by atoms with van der Waals surface area (Å²) in [6.45, 7) is 11.7. The molecule has 1 fully saturated rings. The number of morpholine rings is 1. The van der Waals surface area contributed by atoms with Gasteiger partial charge in [0.25, 0.3) is 5.91 Å². The van der Waals surface area contributed by atoms with Crippen molar-refractivity contribution >= 4 is 28.5 Å². The van der Waals surface area contributed by atoms with E-state index in [0.717, 1.165) is 24.2 Å². The van der Waals surface area contributed by atoms with Gasteiger partial charge in [0, 0.05) is 30.7 Å². The van der Waals surface area contributed by atoms with Crippen molar-refractivity contribution in [2.75, 3.05) is 32.8 Å². The van der Waals surface area contributed by atoms with Crippen molar-refractivity contribution in [3.05, 3.63) is 80.2 Å². The zero-order chi connectivity index (χ0) is 24.5. The number of aryl methyl sites for hydroxylation is 1. The normalized spacial score (nSPS) is 15.9. The van der Waals surface area contributed by atoms with Crippen molar-refractivity contribution in [3.63, 3.8) is 0 Å². The highest BCUT2D eigenvalue weighted by atomic mass is 35.5. The molecule has 7 heteroatoms. The summed E-state index contributed by atoms with van der Waals surface area (Å²) >= 11 is 6.14. The Morgan fingerprint density at radius 2 is 1.79 bits per heavy atom. The van der Waals surface area contributed by atoms with Crippen molar-refractivity contribution in [2.45, 2.75) is 39.2 Å². The van der Waals surface area contributed by atoms with Crippen LogP contribution in [0.4, 0.5) is 0 Å². The first-order valence-corrected chi connectivity index (χ1v) is 12.0. The molecule has 6 nitrogen and oxygen atoms in total. The van der Waals surface area contributed by atoms with E-state index in [2.05, 4.69) is 55.3 Å². The maximum atomic E-state index is 13.0. The molecule has 1 saturated heterocycles. The molecule has 2 heterocycles. The molecular weight excluding hydrogens is 452 g/mol. The van der Waals surface area contributed by atoms with Gasteiger partial charge in [-0.3, -0.25) is 14.5 Å². The summed E-state index contributed by atoms with van der Waals surface area (Å²) in [6.07, 6.45) is 0. The Kier molecular flexibility index (Phi) is 7.12. The smallest absolute Gasteiger partial charge is 0.287 e. The van der Waals surface area contributed by atoms with Crippen molar-refractivity contribution < 1.29 is 13.9 Å². The van der Waals surface area contributed by atoms with Crippen LogP contribution in [0.3, 0.4) is 0 Å². The lowest BCUT2D eigenvalue weighted by Crippen LogP contribution is -2.43. The van der Waals surface area contributed by atoms with Gasteiger partial charge in [-0.1, -0.05) is 56.6 Å². The van der Waals surface area contributed by atoms with Crippen molar-refractivity contribution in [1.29, 1.82) is 0 Å². The van der Waals surface area contributed by atoms with Crippen LogP contribution in [0.5, 0.6) is 0 Å². The van der Waals surface area contributed by atoms with Gasteiger partial charge in [0.15, 0.2) is 11.2 Å². The molecule has 0 radical (unpaired) electrons. The van der Waals surface area contributed by atoms with Gasteiger partial charge in [0.1, 0.15) is 5.58 Å². The Morgan fingerprint density at radius 3 is 2.44 bits per heavy atom. The number of nitrogens with one attached hydrogen (secondary N) is 1. The predicted octanol–water partition coefficient (Wildman–Crippen LogP) is 4.86. The molecular formula is C27H31ClN2O4. The summed E-state index contributed by atoms with van der Waals surface area (Å²) in [6, 6.07) is 13.0. The van der Waals surface area contributed by atoms with Crippen LogP contribution < -0.4 is 10.7 Å². The lowest BCUT2D eigenvalue weighted by molar-refractivity contribution is 0.0161. The quantitative estimate of drug-likeness (QED) is 0.562. The number of hydrogen-bond donors (Lipinski definition) is 1. The maximum Gasteiger partial charge on any atom is 0.287 e. The van der Waals surface area contributed by atoms with E-state index in [1.807, 2.05) is 6.92 Å². The summed E-state index contributed by atoms with van der Waals surface area (Å²) < 4.78 is 11.3. The first kappa shape index (κ1) is 24.5. The highest BCUT2D eigenvalue weighted by Crippen LogP contribution is 2.27. The van der Waals surface area contributed by atoms with E-state index in [4.69, 9.17) is 20.8 Å². The molecule has 0 bridgehead atoms. The second kappa shape index (κ2) is 9.90. The summed E-state index contributed by atoms with van der Waals surface area (Å²) in [4.78, 5) is 27.9. The van der Waals surface area contributed by atoms with Gasteiger partial charge in [-0.15, -0.1) is 0 Å². The Bertz CT molecular complexity index is 1240. The van der Waals surface area contributed by atoms with Crippen LogP contribution in [0, 0.1) is 6.92 Å². The molecule has 0 aliphatic carbocycles. The van der Waals surface area contributed by atoms with Crippen LogP contribution in [0.15, 0.2) is 51.7 Å². The van der Waals surface area contributed by atoms with E-state index in [1.54, 1.807) is 12.1 Å². The van der Waals surface area contributed by atoms with Crippen molar-refractivity contribution in [2.24, 2.45) is 0 Å². The monoisotopic (exact) mass is 482 g/mol. The number of amides is 1. The number of halogens is 1. The summed E-state index contributed by atoms with van der Waals surface area (Å²) in [5, 5.41) is 3.82. The molecule has 1 aromatic heterocycles. The lowest BCUT2D eigenvalue weighted by Gasteiger charge is -2.35. The van der Waals surface area contributed by atoms with E-state index in [1.165, 1.54) is 11.6 Å². The zero-order valence-corrected chi connectivity index (χ0v) is 20.9. The van der Waals surface area contributed by atoms with Crippen LogP contribution >= 0.6 is 11.6 Å². The topological polar surface area (TPSA) is 71.8 Å². The van der Waals surface area contributed by atoms with Gasteiger partial charge in [0.05, 0.1) is 24.6 Å². The minimum Gasteiger partial charge on any atom is -0.451 e. The first-order chi connectivity index (χ1) is 16.1. The van der Waals surface area contributed by atoms with Crippen LogP contribution in [0.2, 0.25) is 5.02 Å². The molecule has 1 aliphatic heterocycles. The van der Waals surface area contributed by atoms with E-state index in [9.17, 15) is 9.59 Å². The van der Waals surface area contributed by atoms with E-state index in [0.29, 0.717) is 35.8 Å². The van der Waals surface area contributed by atoms with Crippen molar-refractivity contribution in [3.8, 4) is 0 Å². The van der Waals surface area contributed by atoms with Crippen LogP contribution in [-0.4, -0.2) is 43.7 Å². The molecule has 180 valence electrons. The minimum absolute atomic E-state index is 0.0111. The fraction of sp³-hybridized carbons (Fsp3) is 0.407. The lowest BCUT2D eigenvalue weighted by atomic mass is 9.86. The number of ether oxygens (including phenoxy) is 1. The van der Waals surface area contributed by atoms with Crippen LogP contribution in [-0.2, 0) is 10.2 Å². The van der Waals surface area contributed by atoms with E-state index >= 15 is 0 Å². The molecule has 0 saturated carbocycles. The Balaban J connectivity index is 1.57. The third-order valence-electron chi connectivity index (χ3n) is 6.34. The number of fused-ring (bicyclic) bond motifs is 1. The van der Waals surface area contributed by atoms with Gasteiger partial charge in [-0.2, -0.15) is 0 Å². The Hall–Kier alpha value is -2.67. The highest BCUT2D eigenvalue weighted by Gasteiger charge is 2.25. The Morgan fingerprint density at radius 1 is 1.12 bits per heavy atom. The average Bonchev–Trinajstić information content (AvgIpc) is 2.81. The number of hydrogen-bond acceptors (Lipinski definition) is 5. The van der Waals surface area contributed by atoms with E-state index in [-0.39, 0.29) is 22.6 Å². The van der Waals surface area contributed by atoms with Gasteiger partial charge in [-0.25, -0.2) is 0 Å². The molecule has 1 amide bonds. The maximum absolute atomic E-state index is 13.0. The molecule has 4 rings (SSSR count). The number of nitrogens with zero attached hydrogens (tertiary/aromatic N) is 1. The number of carbonyl (C=O) groups is 1. The summed E-state index contributed by atoms with van der Waals surface area (Å²) in [5.74, 6) is -0.431. The number of benzene rings is 2. The van der Waals surface area contributed by atoms with Gasteiger partial charge < -0.3 is 14.5 Å². The molecule has 1 aliphatic rings. The largest absolute Gasteiger partial charge is 0.451 e. The SMILES string of the molecule is Cc1cc2oc(C(=O)NC[C@H](c3ccc(C(C)(C)C)cc3)N3CCOCC3)cc(=O)c2cc1Cl. The molecule has 0 spiro atoms. The van der Waals surface area contributed by atoms with Crippen molar-refractivity contribution in [1.82, 2.24) is 10.2 Å². The second-order valence-electron chi connectivity index (χ2n) is 9.82. The highest BCUT2D eigenvalue weighted by molar-refractivity contribution is 6.32. The average molecular weight is 483 g/mol. The molecule has 1 atom stereocenters. The summed E-state index contributed by atoms with van der Waals surface area (Å²) in [7, 11) is 0. The third-order valence-corrected chi connectivity index (χ3v) is 6.74. The predicted molar refractivity (Wildman–Crippen MR) is 135 cm³/mol. The standard InChI is InChI=1S/C27H31ClN2O4/c1-17-13-24-20(14-21(17)28)23(31)15-25(34-24)26(32)29-16-22(30-9-11-33-12-10-30)18-5-7-19(8-6-18)27(2,3)4/h5-8,13-15,22H,9-12,16H2,1-4H3,(H,29,32)/t22-/m1/s1. The third kappa shape index (κ3) is 5.35. The minimum atomic E-state index is -0.420. The van der Waals surface area contributed by atoms with E-state index < -0.39 is 5.91 Å². The molecule has 3 aromatic rings. The molecule has 0 unspecified atom stereocenters. The fourth-order valence-electron chi connectivity index (χ4n) is 4.22. The molecule has 34 heavy (non-hydrogen) atoms. The molecule has 2 aromatic carbocycles. The fourth-order valence-corrected chi connectivity index (χ4v) is 4.38. The van der Waals surface area contributed by atoms with Crippen LogP contribution in [0.25, 0.3) is 11.0 Å². The van der Waals surface area contributed by atoms with Gasteiger partial charge in [-0.05, 0) is 41.2 Å². The summed E-state index contributed by atoms with van der Waals surface area (Å²) in [5.41, 5.74) is 3.28. The first-order valence-electron chi connectivity index (χ1n) is 11.6.